The SMILES string of the molecule is CN(C[C@H]1CCCCO1)S(=O)(=O)c1sc2c(c1C(=O)O)CCNC2. The number of rotatable bonds is 5. The number of nitrogens with one attached hydrogen (secondary N) is 1. The number of ether oxygens (including phenoxy) is 1. The number of hydrogen-bond donors (Lipinski definition) is 2. The molecule has 24 heavy (non-hydrogen) atoms. The van der Waals surface area contributed by atoms with Crippen molar-refractivity contribution < 1.29 is 23.1 Å². The highest BCUT2D eigenvalue weighted by atomic mass is 32.2. The normalized spacial score (nSPS) is 21.7. The van der Waals surface area contributed by atoms with E-state index in [0.717, 1.165) is 35.5 Å². The summed E-state index contributed by atoms with van der Waals surface area (Å²) in [4.78, 5) is 12.5. The van der Waals surface area contributed by atoms with Crippen molar-refractivity contribution in [2.75, 3.05) is 26.7 Å². The van der Waals surface area contributed by atoms with Gasteiger partial charge >= 0.3 is 5.97 Å². The van der Waals surface area contributed by atoms with E-state index in [0.29, 0.717) is 31.7 Å². The Morgan fingerprint density at radius 3 is 2.92 bits per heavy atom. The number of sulfonamides is 1. The molecule has 7 nitrogen and oxygen atoms in total. The molecule has 9 heteroatoms. The molecule has 1 aromatic rings. The number of carboxylic acids is 1. The fraction of sp³-hybridized carbons (Fsp3) is 0.667. The Morgan fingerprint density at radius 1 is 1.46 bits per heavy atom. The van der Waals surface area contributed by atoms with Gasteiger partial charge in [-0.2, -0.15) is 4.31 Å². The van der Waals surface area contributed by atoms with Gasteiger partial charge in [-0.3, -0.25) is 0 Å². The Kier molecular flexibility index (Phi) is 5.26. The van der Waals surface area contributed by atoms with Crippen molar-refractivity contribution in [1.82, 2.24) is 9.62 Å². The molecular formula is C15H22N2O5S2. The predicted octanol–water partition coefficient (Wildman–Crippen LogP) is 1.28. The number of carboxylic acid groups (broad SMARTS) is 1. The lowest BCUT2D eigenvalue weighted by molar-refractivity contribution is 0.00860. The van der Waals surface area contributed by atoms with Gasteiger partial charge < -0.3 is 15.2 Å². The van der Waals surface area contributed by atoms with Crippen molar-refractivity contribution in [3.63, 3.8) is 0 Å². The Bertz CT molecular complexity index is 722. The quantitative estimate of drug-likeness (QED) is 0.806. The average Bonchev–Trinajstić information content (AvgIpc) is 2.96. The van der Waals surface area contributed by atoms with Crippen molar-refractivity contribution >= 4 is 27.3 Å². The van der Waals surface area contributed by atoms with Gasteiger partial charge in [-0.15, -0.1) is 11.3 Å². The van der Waals surface area contributed by atoms with Crippen LogP contribution >= 0.6 is 11.3 Å². The molecule has 3 rings (SSSR count). The molecule has 0 aliphatic carbocycles. The standard InChI is InChI=1S/C15H22N2O5S2/c1-17(9-10-4-2-3-7-22-10)24(20,21)15-13(14(18)19)11-5-6-16-8-12(11)23-15/h10,16H,2-9H2,1H3,(H,18,19)/t10-/m1/s1. The van der Waals surface area contributed by atoms with Crippen LogP contribution in [0, 0.1) is 0 Å². The highest BCUT2D eigenvalue weighted by Gasteiger charge is 2.35. The van der Waals surface area contributed by atoms with Crippen LogP contribution in [0.3, 0.4) is 0 Å². The maximum absolute atomic E-state index is 12.9. The maximum Gasteiger partial charge on any atom is 0.338 e. The Hall–Kier alpha value is -1.00. The molecule has 134 valence electrons. The van der Waals surface area contributed by atoms with E-state index in [-0.39, 0.29) is 22.4 Å². The largest absolute Gasteiger partial charge is 0.478 e. The second kappa shape index (κ2) is 7.09. The molecular weight excluding hydrogens is 352 g/mol. The molecule has 2 aliphatic rings. The smallest absolute Gasteiger partial charge is 0.338 e. The number of nitrogens with zero attached hydrogens (tertiary/aromatic N) is 1. The minimum Gasteiger partial charge on any atom is -0.478 e. The van der Waals surface area contributed by atoms with Crippen molar-refractivity contribution in [2.24, 2.45) is 0 Å². The van der Waals surface area contributed by atoms with Crippen LogP contribution in [-0.4, -0.2) is 56.6 Å². The maximum atomic E-state index is 12.9. The van der Waals surface area contributed by atoms with E-state index >= 15 is 0 Å². The Labute approximate surface area is 145 Å². The summed E-state index contributed by atoms with van der Waals surface area (Å²) < 4.78 is 32.7. The van der Waals surface area contributed by atoms with E-state index in [1.54, 1.807) is 0 Å². The molecule has 1 aromatic heterocycles. The fourth-order valence-electron chi connectivity index (χ4n) is 3.19. The van der Waals surface area contributed by atoms with Gasteiger partial charge in [-0.05, 0) is 37.8 Å². The third-order valence-electron chi connectivity index (χ3n) is 4.49. The van der Waals surface area contributed by atoms with E-state index in [1.165, 1.54) is 11.4 Å². The van der Waals surface area contributed by atoms with E-state index < -0.39 is 16.0 Å². The summed E-state index contributed by atoms with van der Waals surface area (Å²) in [5.41, 5.74) is 0.611. The van der Waals surface area contributed by atoms with Crippen LogP contribution in [0.4, 0.5) is 0 Å². The fourth-order valence-corrected chi connectivity index (χ4v) is 6.44. The lowest BCUT2D eigenvalue weighted by Crippen LogP contribution is -2.37. The van der Waals surface area contributed by atoms with Crippen molar-refractivity contribution in [2.45, 2.75) is 42.5 Å². The second-order valence-electron chi connectivity index (χ2n) is 6.17. The third-order valence-corrected chi connectivity index (χ3v) is 8.04. The summed E-state index contributed by atoms with van der Waals surface area (Å²) in [5, 5.41) is 12.7. The Balaban J connectivity index is 1.91. The zero-order valence-electron chi connectivity index (χ0n) is 13.6. The van der Waals surface area contributed by atoms with Gasteiger partial charge in [0.15, 0.2) is 0 Å². The van der Waals surface area contributed by atoms with Crippen LogP contribution in [0.1, 0.15) is 40.1 Å². The first kappa shape index (κ1) is 17.8. The second-order valence-corrected chi connectivity index (χ2v) is 9.52. The highest BCUT2D eigenvalue weighted by molar-refractivity contribution is 7.91. The molecule has 0 amide bonds. The van der Waals surface area contributed by atoms with E-state index in [1.807, 2.05) is 0 Å². The molecule has 0 radical (unpaired) electrons. The molecule has 2 aliphatic heterocycles. The summed E-state index contributed by atoms with van der Waals surface area (Å²) in [7, 11) is -2.35. The zero-order valence-corrected chi connectivity index (χ0v) is 15.2. The topological polar surface area (TPSA) is 95.9 Å². The van der Waals surface area contributed by atoms with Crippen molar-refractivity contribution in [1.29, 1.82) is 0 Å². The van der Waals surface area contributed by atoms with Gasteiger partial charge in [0.2, 0.25) is 0 Å². The molecule has 0 aromatic carbocycles. The molecule has 1 atom stereocenters. The van der Waals surface area contributed by atoms with Crippen LogP contribution in [-0.2, 0) is 27.7 Å². The average molecular weight is 374 g/mol. The van der Waals surface area contributed by atoms with Gasteiger partial charge in [-0.25, -0.2) is 13.2 Å². The molecule has 0 unspecified atom stereocenters. The summed E-state index contributed by atoms with van der Waals surface area (Å²) in [6.45, 7) is 2.08. The number of thiophene rings is 1. The highest BCUT2D eigenvalue weighted by Crippen LogP contribution is 2.36. The minimum absolute atomic E-state index is 0.0482. The zero-order chi connectivity index (χ0) is 17.3. The Morgan fingerprint density at radius 2 is 2.25 bits per heavy atom. The molecule has 1 saturated heterocycles. The minimum atomic E-state index is -3.84. The van der Waals surface area contributed by atoms with Crippen molar-refractivity contribution in [3.05, 3.63) is 16.0 Å². The summed E-state index contributed by atoms with van der Waals surface area (Å²) >= 11 is 1.07. The molecule has 0 bridgehead atoms. The van der Waals surface area contributed by atoms with Crippen LogP contribution in [0.5, 0.6) is 0 Å². The molecule has 0 spiro atoms. The number of aromatic carboxylic acids is 1. The number of fused-ring (bicyclic) bond motifs is 1. The van der Waals surface area contributed by atoms with Crippen molar-refractivity contribution in [3.8, 4) is 0 Å². The molecule has 2 N–H and O–H groups in total. The van der Waals surface area contributed by atoms with Crippen LogP contribution < -0.4 is 5.32 Å². The molecule has 1 fully saturated rings. The van der Waals surface area contributed by atoms with Gasteiger partial charge in [0.25, 0.3) is 10.0 Å². The van der Waals surface area contributed by atoms with Crippen LogP contribution in [0.15, 0.2) is 4.21 Å². The van der Waals surface area contributed by atoms with E-state index in [2.05, 4.69) is 5.32 Å². The number of carbonyl (C=O) groups is 1. The summed E-state index contributed by atoms with van der Waals surface area (Å²) in [5.74, 6) is -1.17. The number of hydrogen-bond acceptors (Lipinski definition) is 6. The third kappa shape index (κ3) is 3.36. The van der Waals surface area contributed by atoms with Gasteiger partial charge in [0.1, 0.15) is 4.21 Å². The molecule has 0 saturated carbocycles. The van der Waals surface area contributed by atoms with Gasteiger partial charge in [-0.1, -0.05) is 0 Å². The van der Waals surface area contributed by atoms with Crippen LogP contribution in [0.2, 0.25) is 0 Å². The summed E-state index contributed by atoms with van der Waals surface area (Å²) in [6, 6.07) is 0. The van der Waals surface area contributed by atoms with E-state index in [9.17, 15) is 18.3 Å². The first-order valence-corrected chi connectivity index (χ1v) is 10.3. The van der Waals surface area contributed by atoms with E-state index in [4.69, 9.17) is 4.74 Å². The summed E-state index contributed by atoms with van der Waals surface area (Å²) in [6.07, 6.45) is 3.27. The van der Waals surface area contributed by atoms with Gasteiger partial charge in [0, 0.05) is 31.6 Å². The van der Waals surface area contributed by atoms with Gasteiger partial charge in [0.05, 0.1) is 11.7 Å². The first-order chi connectivity index (χ1) is 11.4. The lowest BCUT2D eigenvalue weighted by Gasteiger charge is -2.26. The monoisotopic (exact) mass is 374 g/mol. The molecule has 3 heterocycles. The lowest BCUT2D eigenvalue weighted by atomic mass is 10.1. The number of likely N-dealkylation sites (N-methyl/N-ethyl adjacent to an activating group) is 1. The first-order valence-electron chi connectivity index (χ1n) is 8.07. The predicted molar refractivity (Wildman–Crippen MR) is 90.1 cm³/mol. The van der Waals surface area contributed by atoms with Crippen LogP contribution in [0.25, 0.3) is 0 Å².